The highest BCUT2D eigenvalue weighted by molar-refractivity contribution is 5.92. The molecule has 20 heavy (non-hydrogen) atoms. The molecule has 1 unspecified atom stereocenters. The molecule has 0 fully saturated rings. The molecule has 1 atom stereocenters. The molecular weight excluding hydrogens is 258 g/mol. The third-order valence-corrected chi connectivity index (χ3v) is 2.96. The van der Waals surface area contributed by atoms with Gasteiger partial charge in [0, 0.05) is 17.8 Å². The second kappa shape index (κ2) is 8.16. The molecule has 0 aliphatic heterocycles. The molecule has 0 radical (unpaired) electrons. The van der Waals surface area contributed by atoms with Crippen molar-refractivity contribution in [3.63, 3.8) is 0 Å². The summed E-state index contributed by atoms with van der Waals surface area (Å²) in [5, 5.41) is 5.32. The molecule has 0 aromatic heterocycles. The summed E-state index contributed by atoms with van der Waals surface area (Å²) in [6.07, 6.45) is 0.706. The molecule has 1 aromatic rings. The van der Waals surface area contributed by atoms with Crippen LogP contribution >= 0.6 is 0 Å². The van der Waals surface area contributed by atoms with Gasteiger partial charge in [-0.25, -0.2) is 4.79 Å². The van der Waals surface area contributed by atoms with E-state index in [1.807, 2.05) is 6.92 Å². The van der Waals surface area contributed by atoms with Crippen molar-refractivity contribution in [2.24, 2.45) is 11.7 Å². The minimum Gasteiger partial charge on any atom is -0.453 e. The molecule has 0 saturated carbocycles. The van der Waals surface area contributed by atoms with Crippen LogP contribution in [0.1, 0.15) is 19.8 Å². The van der Waals surface area contributed by atoms with Crippen LogP contribution in [0.2, 0.25) is 0 Å². The van der Waals surface area contributed by atoms with Crippen LogP contribution in [0, 0.1) is 5.92 Å². The average Bonchev–Trinajstić information content (AvgIpc) is 2.44. The highest BCUT2D eigenvalue weighted by Crippen LogP contribution is 2.16. The maximum Gasteiger partial charge on any atom is 0.411 e. The van der Waals surface area contributed by atoms with Gasteiger partial charge in [0.1, 0.15) is 0 Å². The van der Waals surface area contributed by atoms with Crippen LogP contribution in [0.25, 0.3) is 0 Å². The molecule has 6 nitrogen and oxygen atoms in total. The van der Waals surface area contributed by atoms with Crippen molar-refractivity contribution in [1.82, 2.24) is 0 Å². The number of hydrogen-bond donors (Lipinski definition) is 3. The topological polar surface area (TPSA) is 93.5 Å². The number of anilines is 2. The number of carbonyl (C=O) groups is 2. The fourth-order valence-corrected chi connectivity index (χ4v) is 1.71. The minimum atomic E-state index is -0.553. The van der Waals surface area contributed by atoms with Gasteiger partial charge < -0.3 is 15.8 Å². The first-order chi connectivity index (χ1) is 9.58. The number of ether oxygens (including phenoxy) is 1. The Morgan fingerprint density at radius 3 is 2.50 bits per heavy atom. The number of carbonyl (C=O) groups excluding carboxylic acids is 2. The summed E-state index contributed by atoms with van der Waals surface area (Å²) in [5.74, 6) is 0.101. The lowest BCUT2D eigenvalue weighted by atomic mass is 10.0. The van der Waals surface area contributed by atoms with Crippen LogP contribution in [-0.4, -0.2) is 25.7 Å². The van der Waals surface area contributed by atoms with E-state index < -0.39 is 6.09 Å². The summed E-state index contributed by atoms with van der Waals surface area (Å²) in [6, 6.07) is 6.87. The van der Waals surface area contributed by atoms with Crippen LogP contribution in [0.5, 0.6) is 0 Å². The molecule has 0 bridgehead atoms. The first-order valence-electron chi connectivity index (χ1n) is 6.54. The van der Waals surface area contributed by atoms with E-state index in [1.54, 1.807) is 24.3 Å². The number of nitrogens with one attached hydrogen (secondary N) is 2. The van der Waals surface area contributed by atoms with Gasteiger partial charge in [-0.3, -0.25) is 10.1 Å². The molecule has 1 aromatic carbocycles. The van der Waals surface area contributed by atoms with Gasteiger partial charge in [0.2, 0.25) is 5.91 Å². The van der Waals surface area contributed by atoms with Gasteiger partial charge in [0.25, 0.3) is 0 Å². The van der Waals surface area contributed by atoms with Gasteiger partial charge in [-0.05, 0) is 30.7 Å². The highest BCUT2D eigenvalue weighted by atomic mass is 16.5. The molecule has 2 amide bonds. The van der Waals surface area contributed by atoms with Crippen molar-refractivity contribution < 1.29 is 14.3 Å². The van der Waals surface area contributed by atoms with Crippen LogP contribution in [0.3, 0.4) is 0 Å². The van der Waals surface area contributed by atoms with Gasteiger partial charge in [-0.1, -0.05) is 19.4 Å². The normalized spacial score (nSPS) is 11.6. The monoisotopic (exact) mass is 279 g/mol. The van der Waals surface area contributed by atoms with Crippen LogP contribution in [0.15, 0.2) is 24.3 Å². The molecular formula is C14H21N3O3. The fraction of sp³-hybridized carbons (Fsp3) is 0.429. The summed E-state index contributed by atoms with van der Waals surface area (Å²) >= 11 is 0. The molecule has 0 spiro atoms. The number of amides is 2. The number of benzene rings is 1. The average molecular weight is 279 g/mol. The fourth-order valence-electron chi connectivity index (χ4n) is 1.71. The first kappa shape index (κ1) is 16.0. The second-order valence-corrected chi connectivity index (χ2v) is 4.46. The van der Waals surface area contributed by atoms with Gasteiger partial charge >= 0.3 is 6.09 Å². The highest BCUT2D eigenvalue weighted by Gasteiger charge is 2.11. The predicted molar refractivity (Wildman–Crippen MR) is 78.6 cm³/mol. The second-order valence-electron chi connectivity index (χ2n) is 4.46. The maximum absolute atomic E-state index is 11.9. The van der Waals surface area contributed by atoms with E-state index in [1.165, 1.54) is 7.11 Å². The van der Waals surface area contributed by atoms with E-state index in [0.717, 1.165) is 6.42 Å². The molecule has 110 valence electrons. The van der Waals surface area contributed by atoms with Crippen LogP contribution in [-0.2, 0) is 9.53 Å². The maximum atomic E-state index is 11.9. The standard InChI is InChI=1S/C14H21N3O3/c1-3-10(9-15)7-13(18)16-11-5-4-6-12(8-11)17-14(19)20-2/h4-6,8,10H,3,7,9,15H2,1-2H3,(H,16,18)(H,17,19). The van der Waals surface area contributed by atoms with Crippen molar-refractivity contribution in [2.75, 3.05) is 24.3 Å². The van der Waals surface area contributed by atoms with E-state index in [0.29, 0.717) is 24.3 Å². The summed E-state index contributed by atoms with van der Waals surface area (Å²) in [7, 11) is 1.29. The Morgan fingerprint density at radius 1 is 1.30 bits per heavy atom. The quantitative estimate of drug-likeness (QED) is 0.744. The summed E-state index contributed by atoms with van der Waals surface area (Å²) < 4.78 is 4.51. The lowest BCUT2D eigenvalue weighted by molar-refractivity contribution is -0.117. The predicted octanol–water partition coefficient (Wildman–Crippen LogP) is 2.18. The largest absolute Gasteiger partial charge is 0.453 e. The Balaban J connectivity index is 2.61. The van der Waals surface area contributed by atoms with Crippen LogP contribution < -0.4 is 16.4 Å². The van der Waals surface area contributed by atoms with Crippen molar-refractivity contribution in [3.05, 3.63) is 24.3 Å². The molecule has 0 heterocycles. The van der Waals surface area contributed by atoms with Crippen molar-refractivity contribution in [1.29, 1.82) is 0 Å². The smallest absolute Gasteiger partial charge is 0.411 e. The molecule has 0 aliphatic rings. The number of rotatable bonds is 6. The van der Waals surface area contributed by atoms with E-state index in [2.05, 4.69) is 15.4 Å². The Labute approximate surface area is 118 Å². The Kier molecular flexibility index (Phi) is 6.52. The first-order valence-corrected chi connectivity index (χ1v) is 6.54. The van der Waals surface area contributed by atoms with Crippen molar-refractivity contribution in [2.45, 2.75) is 19.8 Å². The van der Waals surface area contributed by atoms with Crippen molar-refractivity contribution >= 4 is 23.4 Å². The van der Waals surface area contributed by atoms with Gasteiger partial charge in [0.05, 0.1) is 7.11 Å². The molecule has 0 aliphatic carbocycles. The number of hydrogen-bond acceptors (Lipinski definition) is 4. The zero-order valence-corrected chi connectivity index (χ0v) is 11.8. The van der Waals surface area contributed by atoms with E-state index >= 15 is 0 Å². The lowest BCUT2D eigenvalue weighted by Crippen LogP contribution is -2.21. The number of nitrogens with two attached hydrogens (primary N) is 1. The molecule has 6 heteroatoms. The molecule has 0 saturated heterocycles. The van der Waals surface area contributed by atoms with Gasteiger partial charge in [-0.15, -0.1) is 0 Å². The van der Waals surface area contributed by atoms with Crippen LogP contribution in [0.4, 0.5) is 16.2 Å². The summed E-state index contributed by atoms with van der Waals surface area (Å²) in [6.45, 7) is 2.50. The van der Waals surface area contributed by atoms with Crippen molar-refractivity contribution in [3.8, 4) is 0 Å². The summed E-state index contributed by atoms with van der Waals surface area (Å²) in [4.78, 5) is 23.0. The molecule has 4 N–H and O–H groups in total. The van der Waals surface area contributed by atoms with E-state index in [9.17, 15) is 9.59 Å². The Hall–Kier alpha value is -2.08. The van der Waals surface area contributed by atoms with E-state index in [4.69, 9.17) is 5.73 Å². The molecule has 1 rings (SSSR count). The van der Waals surface area contributed by atoms with Gasteiger partial charge in [-0.2, -0.15) is 0 Å². The zero-order chi connectivity index (χ0) is 15.0. The Morgan fingerprint density at radius 2 is 1.95 bits per heavy atom. The zero-order valence-electron chi connectivity index (χ0n) is 11.8. The third-order valence-electron chi connectivity index (χ3n) is 2.96. The SMILES string of the molecule is CCC(CN)CC(=O)Nc1cccc(NC(=O)OC)c1. The Bertz CT molecular complexity index is 459. The summed E-state index contributed by atoms with van der Waals surface area (Å²) in [5.41, 5.74) is 6.75. The van der Waals surface area contributed by atoms with E-state index in [-0.39, 0.29) is 11.8 Å². The van der Waals surface area contributed by atoms with Gasteiger partial charge in [0.15, 0.2) is 0 Å². The number of methoxy groups -OCH3 is 1. The third kappa shape index (κ3) is 5.27. The minimum absolute atomic E-state index is 0.0856. The lowest BCUT2D eigenvalue weighted by Gasteiger charge is -2.12.